The van der Waals surface area contributed by atoms with Crippen LogP contribution in [0, 0.1) is 0 Å². The highest BCUT2D eigenvalue weighted by Crippen LogP contribution is 2.36. The number of hydrogen-bond donors (Lipinski definition) is 0. The van der Waals surface area contributed by atoms with Gasteiger partial charge in [-0.15, -0.1) is 0 Å². The van der Waals surface area contributed by atoms with Crippen LogP contribution in [0.15, 0.2) is 42.6 Å². The first kappa shape index (κ1) is 18.5. The molecule has 0 N–H and O–H groups in total. The molecule has 1 aromatic carbocycles. The molecule has 4 rings (SSSR count). The fourth-order valence-electron chi connectivity index (χ4n) is 4.10. The molecule has 1 fully saturated rings. The standard InChI is InChI=1S/C20H27N3O3S/c1-2-26-18-10-8-17(9-11-18)20-19-7-6-12-21(19)15-16-23(20)27(24,25)22-13-4-3-5-14-22/h6-12,20H,2-5,13-16H2,1H3. The quantitative estimate of drug-likeness (QED) is 0.790. The Morgan fingerprint density at radius 3 is 2.44 bits per heavy atom. The molecule has 1 aromatic heterocycles. The lowest BCUT2D eigenvalue weighted by Crippen LogP contribution is -2.50. The molecule has 2 aromatic rings. The van der Waals surface area contributed by atoms with Crippen LogP contribution in [0.1, 0.15) is 43.5 Å². The number of nitrogens with zero attached hydrogens (tertiary/aromatic N) is 3. The molecule has 0 radical (unpaired) electrons. The summed E-state index contributed by atoms with van der Waals surface area (Å²) in [4.78, 5) is 0. The smallest absolute Gasteiger partial charge is 0.282 e. The highest BCUT2D eigenvalue weighted by Gasteiger charge is 2.40. The zero-order valence-electron chi connectivity index (χ0n) is 15.8. The van der Waals surface area contributed by atoms with Crippen LogP contribution < -0.4 is 4.74 Å². The van der Waals surface area contributed by atoms with E-state index in [0.29, 0.717) is 32.8 Å². The summed E-state index contributed by atoms with van der Waals surface area (Å²) >= 11 is 0. The Balaban J connectivity index is 1.72. The van der Waals surface area contributed by atoms with Crippen LogP contribution in [-0.4, -0.2) is 47.8 Å². The highest BCUT2D eigenvalue weighted by atomic mass is 32.2. The predicted molar refractivity (Wildman–Crippen MR) is 105 cm³/mol. The summed E-state index contributed by atoms with van der Waals surface area (Å²) in [6.45, 7) is 4.98. The summed E-state index contributed by atoms with van der Waals surface area (Å²) in [7, 11) is -3.50. The van der Waals surface area contributed by atoms with Crippen LogP contribution in [0.5, 0.6) is 5.75 Å². The van der Waals surface area contributed by atoms with Gasteiger partial charge in [-0.1, -0.05) is 18.6 Å². The van der Waals surface area contributed by atoms with Gasteiger partial charge >= 0.3 is 0 Å². The van der Waals surface area contributed by atoms with Gasteiger partial charge in [-0.05, 0) is 49.6 Å². The maximum atomic E-state index is 13.4. The lowest BCUT2D eigenvalue weighted by atomic mass is 10.0. The first-order valence-corrected chi connectivity index (χ1v) is 11.2. The molecule has 0 spiro atoms. The van der Waals surface area contributed by atoms with E-state index in [1.165, 1.54) is 0 Å². The van der Waals surface area contributed by atoms with E-state index in [4.69, 9.17) is 4.74 Å². The summed E-state index contributed by atoms with van der Waals surface area (Å²) in [5, 5.41) is 0. The van der Waals surface area contributed by atoms with Gasteiger partial charge in [0.25, 0.3) is 10.2 Å². The number of fused-ring (bicyclic) bond motifs is 1. The minimum Gasteiger partial charge on any atom is -0.494 e. The normalized spacial score (nSPS) is 21.7. The molecule has 7 heteroatoms. The SMILES string of the molecule is CCOc1ccc(C2c3cccn3CCN2S(=O)(=O)N2CCCCC2)cc1. The summed E-state index contributed by atoms with van der Waals surface area (Å²) in [6, 6.07) is 11.5. The lowest BCUT2D eigenvalue weighted by Gasteiger charge is -2.40. The number of ether oxygens (including phenoxy) is 1. The maximum absolute atomic E-state index is 13.4. The molecule has 0 amide bonds. The van der Waals surface area contributed by atoms with Crippen molar-refractivity contribution in [1.29, 1.82) is 0 Å². The Labute approximate surface area is 161 Å². The molecule has 2 aliphatic heterocycles. The number of benzene rings is 1. The van der Waals surface area contributed by atoms with E-state index >= 15 is 0 Å². The van der Waals surface area contributed by atoms with E-state index in [1.54, 1.807) is 8.61 Å². The minimum atomic E-state index is -3.50. The van der Waals surface area contributed by atoms with Crippen LogP contribution in [0.25, 0.3) is 0 Å². The Morgan fingerprint density at radius 1 is 1.00 bits per heavy atom. The van der Waals surface area contributed by atoms with Crippen LogP contribution in [0.4, 0.5) is 0 Å². The van der Waals surface area contributed by atoms with Crippen molar-refractivity contribution in [2.75, 3.05) is 26.2 Å². The fourth-order valence-corrected chi connectivity index (χ4v) is 5.93. The molecule has 1 atom stereocenters. The van der Waals surface area contributed by atoms with Crippen molar-refractivity contribution < 1.29 is 13.2 Å². The second kappa shape index (κ2) is 7.66. The van der Waals surface area contributed by atoms with Gasteiger partial charge in [0.15, 0.2) is 0 Å². The number of aromatic nitrogens is 1. The van der Waals surface area contributed by atoms with Crippen LogP contribution in [0.3, 0.4) is 0 Å². The van der Waals surface area contributed by atoms with E-state index in [2.05, 4.69) is 4.57 Å². The lowest BCUT2D eigenvalue weighted by molar-refractivity contribution is 0.254. The fraction of sp³-hybridized carbons (Fsp3) is 0.500. The zero-order valence-corrected chi connectivity index (χ0v) is 16.6. The average Bonchev–Trinajstić information content (AvgIpc) is 3.18. The third-order valence-electron chi connectivity index (χ3n) is 5.44. The average molecular weight is 390 g/mol. The van der Waals surface area contributed by atoms with Crippen LogP contribution >= 0.6 is 0 Å². The van der Waals surface area contributed by atoms with Crippen molar-refractivity contribution in [3.63, 3.8) is 0 Å². The highest BCUT2D eigenvalue weighted by molar-refractivity contribution is 7.86. The van der Waals surface area contributed by atoms with E-state index in [1.807, 2.05) is 49.5 Å². The summed E-state index contributed by atoms with van der Waals surface area (Å²) in [5.41, 5.74) is 1.99. The summed E-state index contributed by atoms with van der Waals surface area (Å²) in [5.74, 6) is 0.804. The molecule has 0 saturated carbocycles. The number of piperidine rings is 1. The van der Waals surface area contributed by atoms with Crippen LogP contribution in [-0.2, 0) is 16.8 Å². The molecule has 2 aliphatic rings. The summed E-state index contributed by atoms with van der Waals surface area (Å²) < 4.78 is 37.9. The van der Waals surface area contributed by atoms with Crippen molar-refractivity contribution in [1.82, 2.24) is 13.2 Å². The van der Waals surface area contributed by atoms with Crippen molar-refractivity contribution >= 4 is 10.2 Å². The molecule has 0 aliphatic carbocycles. The van der Waals surface area contributed by atoms with Gasteiger partial charge < -0.3 is 9.30 Å². The zero-order chi connectivity index (χ0) is 18.9. The van der Waals surface area contributed by atoms with Crippen molar-refractivity contribution in [3.8, 4) is 5.75 Å². The number of rotatable bonds is 5. The molecule has 146 valence electrons. The first-order chi connectivity index (χ1) is 13.1. The van der Waals surface area contributed by atoms with E-state index in [-0.39, 0.29) is 6.04 Å². The van der Waals surface area contributed by atoms with Crippen molar-refractivity contribution in [3.05, 3.63) is 53.9 Å². The van der Waals surface area contributed by atoms with E-state index < -0.39 is 10.2 Å². The minimum absolute atomic E-state index is 0.309. The molecule has 1 saturated heterocycles. The third kappa shape index (κ3) is 3.51. The molecule has 0 bridgehead atoms. The largest absolute Gasteiger partial charge is 0.494 e. The third-order valence-corrected chi connectivity index (χ3v) is 7.44. The monoisotopic (exact) mass is 389 g/mol. The van der Waals surface area contributed by atoms with Gasteiger partial charge in [0.1, 0.15) is 5.75 Å². The van der Waals surface area contributed by atoms with Gasteiger partial charge in [-0.25, -0.2) is 0 Å². The predicted octanol–water partition coefficient (Wildman–Crippen LogP) is 3.02. The number of hydrogen-bond acceptors (Lipinski definition) is 3. The Morgan fingerprint density at radius 2 is 1.74 bits per heavy atom. The van der Waals surface area contributed by atoms with E-state index in [0.717, 1.165) is 36.3 Å². The van der Waals surface area contributed by atoms with Gasteiger partial charge in [0, 0.05) is 38.1 Å². The van der Waals surface area contributed by atoms with Gasteiger partial charge in [-0.2, -0.15) is 17.0 Å². The Kier molecular flexibility index (Phi) is 5.25. The molecule has 27 heavy (non-hydrogen) atoms. The summed E-state index contributed by atoms with van der Waals surface area (Å²) in [6.07, 6.45) is 5.02. The van der Waals surface area contributed by atoms with E-state index in [9.17, 15) is 8.42 Å². The molecule has 6 nitrogen and oxygen atoms in total. The second-order valence-electron chi connectivity index (χ2n) is 7.11. The van der Waals surface area contributed by atoms with Gasteiger partial charge in [0.05, 0.1) is 12.6 Å². The molecule has 3 heterocycles. The Bertz CT molecular complexity index is 870. The Hall–Kier alpha value is -1.83. The second-order valence-corrected chi connectivity index (χ2v) is 8.99. The maximum Gasteiger partial charge on any atom is 0.282 e. The topological polar surface area (TPSA) is 54.8 Å². The van der Waals surface area contributed by atoms with Gasteiger partial charge in [-0.3, -0.25) is 0 Å². The van der Waals surface area contributed by atoms with Crippen LogP contribution in [0.2, 0.25) is 0 Å². The van der Waals surface area contributed by atoms with Gasteiger partial charge in [0.2, 0.25) is 0 Å². The molecular formula is C20H27N3O3S. The van der Waals surface area contributed by atoms with Crippen molar-refractivity contribution in [2.24, 2.45) is 0 Å². The van der Waals surface area contributed by atoms with Crippen molar-refractivity contribution in [2.45, 2.75) is 38.8 Å². The first-order valence-electron chi connectivity index (χ1n) is 9.76. The molecular weight excluding hydrogens is 362 g/mol. The molecule has 1 unspecified atom stereocenters.